The van der Waals surface area contributed by atoms with E-state index < -0.39 is 5.41 Å². The Hall–Kier alpha value is -9.12. The average Bonchev–Trinajstić information content (AvgIpc) is 1.56. The van der Waals surface area contributed by atoms with Crippen LogP contribution in [0.3, 0.4) is 0 Å². The van der Waals surface area contributed by atoms with Gasteiger partial charge in [-0.05, 0) is 184 Å². The van der Waals surface area contributed by atoms with Gasteiger partial charge >= 0.3 is 0 Å². The molecule has 0 bridgehead atoms. The summed E-state index contributed by atoms with van der Waals surface area (Å²) >= 11 is 0. The zero-order chi connectivity index (χ0) is 66.9. The lowest BCUT2D eigenvalue weighted by atomic mass is 9.67. The van der Waals surface area contributed by atoms with Crippen molar-refractivity contribution in [1.29, 1.82) is 0 Å². The first-order chi connectivity index (χ1) is 47.4. The minimum absolute atomic E-state index is 0.0122. The number of ether oxygens (including phenoxy) is 1. The van der Waals surface area contributed by atoms with Crippen LogP contribution in [0.4, 0.5) is 17.1 Å². The van der Waals surface area contributed by atoms with Gasteiger partial charge in [-0.1, -0.05) is 312 Å². The monoisotopic (exact) mass is 1270 g/mol. The van der Waals surface area contributed by atoms with Gasteiger partial charge in [-0.25, -0.2) is 9.97 Å². The van der Waals surface area contributed by atoms with Gasteiger partial charge in [-0.3, -0.25) is 0 Å². The van der Waals surface area contributed by atoms with Gasteiger partial charge in [-0.15, -0.1) is 0 Å². The summed E-state index contributed by atoms with van der Waals surface area (Å²) < 4.78 is 7.28. The molecular formula is C93H99N3O. The average molecular weight is 1270 g/mol. The van der Waals surface area contributed by atoms with Crippen molar-refractivity contribution in [2.24, 2.45) is 0 Å². The maximum absolute atomic E-state index is 7.28. The Balaban J connectivity index is 0.859. The van der Waals surface area contributed by atoms with Crippen molar-refractivity contribution in [3.63, 3.8) is 0 Å². The second-order valence-corrected chi connectivity index (χ2v) is 29.0. The lowest BCUT2D eigenvalue weighted by Crippen LogP contribution is -2.28. The van der Waals surface area contributed by atoms with Gasteiger partial charge in [-0.2, -0.15) is 0 Å². The normalized spacial score (nSPS) is 12.8. The highest BCUT2D eigenvalue weighted by Crippen LogP contribution is 2.58. The van der Waals surface area contributed by atoms with E-state index in [0.717, 1.165) is 104 Å². The molecule has 0 N–H and O–H groups in total. The van der Waals surface area contributed by atoms with E-state index in [2.05, 4.69) is 285 Å². The van der Waals surface area contributed by atoms with E-state index in [1.807, 2.05) is 0 Å². The molecule has 11 aromatic rings. The molecule has 0 atom stereocenters. The van der Waals surface area contributed by atoms with E-state index in [1.165, 1.54) is 169 Å². The Bertz CT molecular complexity index is 4400. The lowest BCUT2D eigenvalue weighted by molar-refractivity contribution is 0.477. The van der Waals surface area contributed by atoms with E-state index in [0.29, 0.717) is 0 Å². The van der Waals surface area contributed by atoms with E-state index in [9.17, 15) is 0 Å². The van der Waals surface area contributed by atoms with Crippen molar-refractivity contribution in [3.05, 3.63) is 280 Å². The summed E-state index contributed by atoms with van der Waals surface area (Å²) in [6.07, 6.45) is 23.9. The molecule has 1 aromatic heterocycles. The molecule has 97 heavy (non-hydrogen) atoms. The fourth-order valence-electron chi connectivity index (χ4n) is 15.0. The van der Waals surface area contributed by atoms with Crippen molar-refractivity contribution >= 4 is 17.1 Å². The first-order valence-electron chi connectivity index (χ1n) is 36.9. The molecule has 2 heterocycles. The highest BCUT2D eigenvalue weighted by molar-refractivity contribution is 5.92. The third kappa shape index (κ3) is 14.6. The molecule has 0 saturated carbocycles. The van der Waals surface area contributed by atoms with Gasteiger partial charge in [0, 0.05) is 22.4 Å². The number of fused-ring (bicyclic) bond motifs is 5. The van der Waals surface area contributed by atoms with E-state index in [-0.39, 0.29) is 5.41 Å². The van der Waals surface area contributed by atoms with Crippen LogP contribution in [0.5, 0.6) is 11.5 Å². The highest BCUT2D eigenvalue weighted by Gasteiger charge is 2.46. The summed E-state index contributed by atoms with van der Waals surface area (Å²) in [6.45, 7) is 18.1. The maximum atomic E-state index is 7.28. The summed E-state index contributed by atoms with van der Waals surface area (Å²) in [6, 6.07) is 85.2. The predicted octanol–water partition coefficient (Wildman–Crippen LogP) is 26.6. The fourth-order valence-corrected chi connectivity index (χ4v) is 15.0. The Kier molecular flexibility index (Phi) is 20.6. The van der Waals surface area contributed by atoms with Crippen LogP contribution in [0, 0.1) is 13.8 Å². The summed E-state index contributed by atoms with van der Waals surface area (Å²) in [4.78, 5) is 12.8. The SMILES string of the molecule is CCCCCCCCc1ccc(C2(c3ccc(CCCCCCCC)cc3)c3cc(C)ccc3-c3ccc(-c4ccc5c(c4)Oc4cc(-c6ccc(-c7cc(-c8ccc(C)cc8)nc(-c8ccc(CCCCCC)cc8)n7)cc6)ccc4N5c4ccc(C(C)(C)C)cc4)cc32)cc1. The molecule has 13 rings (SSSR count). The smallest absolute Gasteiger partial charge is 0.160 e. The number of nitrogens with zero attached hydrogens (tertiary/aromatic N) is 3. The Morgan fingerprint density at radius 2 is 0.742 bits per heavy atom. The molecule has 0 unspecified atom stereocenters. The fraction of sp³-hybridized carbons (Fsp3) is 0.312. The summed E-state index contributed by atoms with van der Waals surface area (Å²) in [5.74, 6) is 2.35. The molecule has 2 aliphatic rings. The number of rotatable bonds is 27. The molecule has 0 radical (unpaired) electrons. The van der Waals surface area contributed by atoms with E-state index >= 15 is 0 Å². The molecule has 4 nitrogen and oxygen atoms in total. The van der Waals surface area contributed by atoms with E-state index in [1.54, 1.807) is 0 Å². The number of anilines is 3. The van der Waals surface area contributed by atoms with Crippen LogP contribution in [0.25, 0.3) is 67.3 Å². The number of unbranched alkanes of at least 4 members (excludes halogenated alkanes) is 13. The van der Waals surface area contributed by atoms with Crippen LogP contribution in [-0.2, 0) is 30.1 Å². The van der Waals surface area contributed by atoms with Gasteiger partial charge < -0.3 is 9.64 Å². The zero-order valence-electron chi connectivity index (χ0n) is 59.0. The second kappa shape index (κ2) is 30.1. The van der Waals surface area contributed by atoms with Crippen LogP contribution < -0.4 is 9.64 Å². The third-order valence-corrected chi connectivity index (χ3v) is 20.8. The molecular weight excluding hydrogens is 1180 g/mol. The van der Waals surface area contributed by atoms with Crippen molar-refractivity contribution in [2.75, 3.05) is 4.90 Å². The first kappa shape index (κ1) is 66.5. The molecule has 4 heteroatoms. The lowest BCUT2D eigenvalue weighted by Gasteiger charge is -2.35. The summed E-state index contributed by atoms with van der Waals surface area (Å²) in [5.41, 5.74) is 27.8. The molecule has 1 aliphatic carbocycles. The molecule has 0 spiro atoms. The molecule has 10 aromatic carbocycles. The van der Waals surface area contributed by atoms with Crippen LogP contribution in [-0.4, -0.2) is 9.97 Å². The minimum atomic E-state index is -0.541. The van der Waals surface area contributed by atoms with Crippen molar-refractivity contribution in [2.45, 2.75) is 188 Å². The van der Waals surface area contributed by atoms with Gasteiger partial charge in [0.1, 0.15) is 0 Å². The predicted molar refractivity (Wildman–Crippen MR) is 411 cm³/mol. The van der Waals surface area contributed by atoms with Crippen molar-refractivity contribution < 1.29 is 4.74 Å². The zero-order valence-corrected chi connectivity index (χ0v) is 59.0. The number of hydrogen-bond donors (Lipinski definition) is 0. The van der Waals surface area contributed by atoms with Gasteiger partial charge in [0.2, 0.25) is 0 Å². The van der Waals surface area contributed by atoms with Crippen molar-refractivity contribution in [3.8, 4) is 78.8 Å². The number of aromatic nitrogens is 2. The maximum Gasteiger partial charge on any atom is 0.160 e. The second-order valence-electron chi connectivity index (χ2n) is 29.0. The minimum Gasteiger partial charge on any atom is -0.453 e. The summed E-state index contributed by atoms with van der Waals surface area (Å²) in [5, 5.41) is 0. The molecule has 1 aliphatic heterocycles. The number of benzene rings is 10. The molecule has 0 amide bonds. The first-order valence-corrected chi connectivity index (χ1v) is 36.9. The quantitative estimate of drug-likeness (QED) is 0.0481. The molecule has 0 fully saturated rings. The van der Waals surface area contributed by atoms with Gasteiger partial charge in [0.15, 0.2) is 17.3 Å². The van der Waals surface area contributed by atoms with Gasteiger partial charge in [0.05, 0.1) is 28.2 Å². The topological polar surface area (TPSA) is 38.3 Å². The molecule has 492 valence electrons. The van der Waals surface area contributed by atoms with Crippen LogP contribution in [0.2, 0.25) is 0 Å². The Morgan fingerprint density at radius 3 is 1.26 bits per heavy atom. The third-order valence-electron chi connectivity index (χ3n) is 20.8. The standard InChI is InChI=1S/C93H99N3O/c1-9-12-15-18-20-23-26-68-33-48-78(49-34-68)93(79-50-35-69(36-51-79)27-24-21-19-16-13-10-2)83-60-66(5)30-56-81(83)82-57-45-74(61-84(82)93)76-47-59-88-90(63-76)97-89-62-75(46-58-87(89)96(88)80-54-52-77(53-55-80)92(6,7)8)70-41-43-72(44-42-70)86-64-85(71-37-28-65(4)29-38-71)94-91(95-86)73-39-31-67(32-40-73)25-22-17-14-11-3/h28-64H,9-27H2,1-8H3. The van der Waals surface area contributed by atoms with Crippen molar-refractivity contribution in [1.82, 2.24) is 9.97 Å². The van der Waals surface area contributed by atoms with Crippen LogP contribution in [0.1, 0.15) is 200 Å². The van der Waals surface area contributed by atoms with Crippen LogP contribution >= 0.6 is 0 Å². The van der Waals surface area contributed by atoms with Gasteiger partial charge in [0.25, 0.3) is 0 Å². The number of aryl methyl sites for hydroxylation is 5. The Labute approximate surface area is 580 Å². The van der Waals surface area contributed by atoms with Crippen LogP contribution in [0.15, 0.2) is 224 Å². The van der Waals surface area contributed by atoms with E-state index in [4.69, 9.17) is 14.7 Å². The number of hydrogen-bond acceptors (Lipinski definition) is 4. The largest absolute Gasteiger partial charge is 0.453 e. The summed E-state index contributed by atoms with van der Waals surface area (Å²) in [7, 11) is 0. The Morgan fingerprint density at radius 1 is 0.351 bits per heavy atom. The molecule has 0 saturated heterocycles. The highest BCUT2D eigenvalue weighted by atomic mass is 16.5.